The first-order valence-corrected chi connectivity index (χ1v) is 5.39. The summed E-state index contributed by atoms with van der Waals surface area (Å²) in [6, 6.07) is 8.22. The summed E-state index contributed by atoms with van der Waals surface area (Å²) in [7, 11) is 0. The fraction of sp³-hybridized carbons (Fsp3) is 0.308. The van der Waals surface area contributed by atoms with Gasteiger partial charge in [-0.2, -0.15) is 0 Å². The molecule has 1 N–H and O–H groups in total. The van der Waals surface area contributed by atoms with E-state index in [1.54, 1.807) is 0 Å². The Morgan fingerprint density at radius 1 is 1.27 bits per heavy atom. The van der Waals surface area contributed by atoms with Crippen LogP contribution in [0.25, 0.3) is 10.9 Å². The monoisotopic (exact) mass is 201 g/mol. The Kier molecular flexibility index (Phi) is 2.58. The number of benzene rings is 1. The van der Waals surface area contributed by atoms with Gasteiger partial charge in [0.1, 0.15) is 0 Å². The number of nitrogens with one attached hydrogen (secondary N) is 1. The molecule has 1 aromatic heterocycles. The highest BCUT2D eigenvalue weighted by Crippen LogP contribution is 2.18. The van der Waals surface area contributed by atoms with E-state index >= 15 is 0 Å². The molecule has 0 amide bonds. The minimum atomic E-state index is 0.171. The first-order valence-electron chi connectivity index (χ1n) is 5.39. The molecular formula is C13H15NO. The van der Waals surface area contributed by atoms with Gasteiger partial charge in [-0.3, -0.25) is 4.79 Å². The number of Topliss-reactive ketones (excluding diaryl/α,β-unsaturated/α-hetero) is 1. The summed E-state index contributed by atoms with van der Waals surface area (Å²) in [5.74, 6) is 0.171. The van der Waals surface area contributed by atoms with Crippen LogP contribution in [0.1, 0.15) is 36.3 Å². The van der Waals surface area contributed by atoms with Crippen LogP contribution < -0.4 is 0 Å². The van der Waals surface area contributed by atoms with E-state index in [0.717, 1.165) is 23.0 Å². The van der Waals surface area contributed by atoms with Crippen molar-refractivity contribution in [1.82, 2.24) is 4.98 Å². The summed E-state index contributed by atoms with van der Waals surface area (Å²) in [6.45, 7) is 4.01. The Labute approximate surface area is 89.3 Å². The molecule has 15 heavy (non-hydrogen) atoms. The summed E-state index contributed by atoms with van der Waals surface area (Å²) >= 11 is 0. The summed E-state index contributed by atoms with van der Waals surface area (Å²) in [5.41, 5.74) is 3.08. The van der Waals surface area contributed by atoms with Crippen molar-refractivity contribution in [2.75, 3.05) is 0 Å². The quantitative estimate of drug-likeness (QED) is 0.759. The van der Waals surface area contributed by atoms with E-state index < -0.39 is 0 Å². The number of aryl methyl sites for hydroxylation is 1. The molecule has 0 bridgehead atoms. The van der Waals surface area contributed by atoms with E-state index in [0.29, 0.717) is 6.42 Å². The number of aromatic amines is 1. The van der Waals surface area contributed by atoms with Crippen LogP contribution in [0.2, 0.25) is 0 Å². The molecule has 0 unspecified atom stereocenters. The average Bonchev–Trinajstić information content (AvgIpc) is 2.70. The first kappa shape index (κ1) is 9.97. The van der Waals surface area contributed by atoms with Gasteiger partial charge >= 0.3 is 0 Å². The zero-order chi connectivity index (χ0) is 10.8. The van der Waals surface area contributed by atoms with E-state index in [-0.39, 0.29) is 5.78 Å². The summed E-state index contributed by atoms with van der Waals surface area (Å²) in [5, 5.41) is 1.11. The van der Waals surface area contributed by atoms with Gasteiger partial charge in [-0.1, -0.05) is 26.0 Å². The maximum absolute atomic E-state index is 11.5. The lowest BCUT2D eigenvalue weighted by Crippen LogP contribution is -1.95. The molecule has 0 fully saturated rings. The van der Waals surface area contributed by atoms with Gasteiger partial charge < -0.3 is 4.98 Å². The molecule has 0 aliphatic rings. The summed E-state index contributed by atoms with van der Waals surface area (Å²) in [4.78, 5) is 14.7. The van der Waals surface area contributed by atoms with Gasteiger partial charge in [0.2, 0.25) is 0 Å². The second-order valence-corrected chi connectivity index (χ2v) is 3.73. The molecule has 0 spiro atoms. The fourth-order valence-electron chi connectivity index (χ4n) is 1.73. The molecule has 2 heteroatoms. The topological polar surface area (TPSA) is 32.9 Å². The second kappa shape index (κ2) is 3.89. The molecule has 0 atom stereocenters. The number of fused-ring (bicyclic) bond motifs is 1. The highest BCUT2D eigenvalue weighted by atomic mass is 16.1. The van der Waals surface area contributed by atoms with Crippen LogP contribution in [-0.4, -0.2) is 10.8 Å². The van der Waals surface area contributed by atoms with Crippen molar-refractivity contribution in [3.63, 3.8) is 0 Å². The van der Waals surface area contributed by atoms with Gasteiger partial charge in [-0.25, -0.2) is 0 Å². The molecule has 2 aromatic rings. The Hall–Kier alpha value is -1.57. The molecule has 78 valence electrons. The van der Waals surface area contributed by atoms with E-state index in [1.165, 1.54) is 5.56 Å². The maximum Gasteiger partial charge on any atom is 0.178 e. The van der Waals surface area contributed by atoms with E-state index in [2.05, 4.69) is 30.1 Å². The number of aromatic nitrogens is 1. The molecular weight excluding hydrogens is 186 g/mol. The molecule has 0 aliphatic carbocycles. The van der Waals surface area contributed by atoms with Crippen LogP contribution >= 0.6 is 0 Å². The highest BCUT2D eigenvalue weighted by molar-refractivity contribution is 5.99. The zero-order valence-corrected chi connectivity index (χ0v) is 9.13. The third kappa shape index (κ3) is 1.80. The standard InChI is InChI=1S/C13H15NO/c1-3-9-5-6-10-8-12(13(15)4-2)14-11(10)7-9/h5-8,14H,3-4H2,1-2H3. The fourth-order valence-corrected chi connectivity index (χ4v) is 1.73. The van der Waals surface area contributed by atoms with Gasteiger partial charge in [0.05, 0.1) is 5.69 Å². The second-order valence-electron chi connectivity index (χ2n) is 3.73. The maximum atomic E-state index is 11.5. The van der Waals surface area contributed by atoms with Crippen LogP contribution in [0.3, 0.4) is 0 Å². The SMILES string of the molecule is CCC(=O)c1cc2ccc(CC)cc2[nH]1. The van der Waals surface area contributed by atoms with Gasteiger partial charge in [-0.15, -0.1) is 0 Å². The van der Waals surface area contributed by atoms with E-state index in [1.807, 2.05) is 13.0 Å². The Morgan fingerprint density at radius 2 is 2.07 bits per heavy atom. The number of hydrogen-bond acceptors (Lipinski definition) is 1. The Balaban J connectivity index is 2.51. The third-order valence-corrected chi connectivity index (χ3v) is 2.72. The highest BCUT2D eigenvalue weighted by Gasteiger charge is 2.07. The van der Waals surface area contributed by atoms with E-state index in [9.17, 15) is 4.79 Å². The van der Waals surface area contributed by atoms with Gasteiger partial charge in [-0.05, 0) is 24.1 Å². The van der Waals surface area contributed by atoms with Gasteiger partial charge in [0, 0.05) is 17.3 Å². The Bertz CT molecular complexity index is 496. The van der Waals surface area contributed by atoms with Crippen LogP contribution in [0.5, 0.6) is 0 Å². The average molecular weight is 201 g/mol. The lowest BCUT2D eigenvalue weighted by molar-refractivity contribution is 0.0984. The number of ketones is 1. The van der Waals surface area contributed by atoms with Crippen molar-refractivity contribution in [3.05, 3.63) is 35.5 Å². The molecule has 2 nitrogen and oxygen atoms in total. The van der Waals surface area contributed by atoms with E-state index in [4.69, 9.17) is 0 Å². The van der Waals surface area contributed by atoms with Crippen LogP contribution in [0.15, 0.2) is 24.3 Å². The Morgan fingerprint density at radius 3 is 2.73 bits per heavy atom. The van der Waals surface area contributed by atoms with Crippen molar-refractivity contribution in [3.8, 4) is 0 Å². The lowest BCUT2D eigenvalue weighted by Gasteiger charge is -1.95. The van der Waals surface area contributed by atoms with Crippen molar-refractivity contribution in [2.45, 2.75) is 26.7 Å². The summed E-state index contributed by atoms with van der Waals surface area (Å²) < 4.78 is 0. The number of H-pyrrole nitrogens is 1. The number of rotatable bonds is 3. The van der Waals surface area contributed by atoms with Gasteiger partial charge in [0.15, 0.2) is 5.78 Å². The predicted octanol–water partition coefficient (Wildman–Crippen LogP) is 3.32. The largest absolute Gasteiger partial charge is 0.352 e. The van der Waals surface area contributed by atoms with Crippen molar-refractivity contribution in [1.29, 1.82) is 0 Å². The third-order valence-electron chi connectivity index (χ3n) is 2.72. The van der Waals surface area contributed by atoms with Crippen molar-refractivity contribution >= 4 is 16.7 Å². The van der Waals surface area contributed by atoms with Crippen LogP contribution in [0, 0.1) is 0 Å². The molecule has 2 rings (SSSR count). The molecule has 1 aromatic carbocycles. The predicted molar refractivity (Wildman–Crippen MR) is 62.3 cm³/mol. The number of carbonyl (C=O) groups excluding carboxylic acids is 1. The molecule has 0 saturated heterocycles. The van der Waals surface area contributed by atoms with Crippen LogP contribution in [-0.2, 0) is 6.42 Å². The molecule has 0 saturated carbocycles. The zero-order valence-electron chi connectivity index (χ0n) is 9.13. The molecule has 0 radical (unpaired) electrons. The molecule has 1 heterocycles. The van der Waals surface area contributed by atoms with Gasteiger partial charge in [0.25, 0.3) is 0 Å². The van der Waals surface area contributed by atoms with Crippen LogP contribution in [0.4, 0.5) is 0 Å². The smallest absolute Gasteiger partial charge is 0.178 e. The molecule has 0 aliphatic heterocycles. The van der Waals surface area contributed by atoms with Crippen molar-refractivity contribution in [2.24, 2.45) is 0 Å². The summed E-state index contributed by atoms with van der Waals surface area (Å²) in [6.07, 6.45) is 1.57. The minimum absolute atomic E-state index is 0.171. The number of hydrogen-bond donors (Lipinski definition) is 1. The lowest BCUT2D eigenvalue weighted by atomic mass is 10.1. The first-order chi connectivity index (χ1) is 7.24. The minimum Gasteiger partial charge on any atom is -0.352 e. The normalized spacial score (nSPS) is 10.8. The number of carbonyl (C=O) groups is 1. The van der Waals surface area contributed by atoms with Crippen molar-refractivity contribution < 1.29 is 4.79 Å².